The van der Waals surface area contributed by atoms with Gasteiger partial charge in [0.25, 0.3) is 11.5 Å². The van der Waals surface area contributed by atoms with Crippen molar-refractivity contribution in [3.63, 3.8) is 0 Å². The molecule has 30 heavy (non-hydrogen) atoms. The van der Waals surface area contributed by atoms with Crippen molar-refractivity contribution in [2.45, 2.75) is 19.8 Å². The fourth-order valence-electron chi connectivity index (χ4n) is 3.49. The quantitative estimate of drug-likeness (QED) is 0.468. The minimum Gasteiger partial charge on any atom is -0.307 e. The molecule has 0 unspecified atom stereocenters. The molecule has 0 bridgehead atoms. The number of benzene rings is 3. The maximum atomic E-state index is 13.7. The first-order chi connectivity index (χ1) is 14.7. The molecule has 0 aliphatic heterocycles. The number of carbonyl (C=O) groups is 1. The lowest BCUT2D eigenvalue weighted by Gasteiger charge is -2.23. The molecule has 0 atom stereocenters. The normalized spacial score (nSPS) is 10.8. The number of hydrogen-bond donors (Lipinski definition) is 0. The van der Waals surface area contributed by atoms with E-state index in [4.69, 9.17) is 0 Å². The molecule has 0 fully saturated rings. The van der Waals surface area contributed by atoms with Gasteiger partial charge < -0.3 is 4.90 Å². The Morgan fingerprint density at radius 2 is 1.47 bits per heavy atom. The monoisotopic (exact) mass is 397 g/mol. The Hall–Kier alpha value is -3.73. The number of carbonyl (C=O) groups excluding carboxylic acids is 1. The Morgan fingerprint density at radius 1 is 0.867 bits per heavy atom. The molecule has 3 aromatic carbocycles. The highest BCUT2D eigenvalue weighted by atomic mass is 16.2. The van der Waals surface area contributed by atoms with Gasteiger partial charge in [-0.3, -0.25) is 9.59 Å². The molecule has 4 aromatic rings. The zero-order chi connectivity index (χ0) is 20.9. The van der Waals surface area contributed by atoms with E-state index in [0.717, 1.165) is 18.5 Å². The van der Waals surface area contributed by atoms with Crippen LogP contribution in [0.15, 0.2) is 89.7 Å². The van der Waals surface area contributed by atoms with E-state index in [2.05, 4.69) is 12.0 Å². The zero-order valence-corrected chi connectivity index (χ0v) is 16.9. The lowest BCUT2D eigenvalue weighted by molar-refractivity contribution is 0.0982. The van der Waals surface area contributed by atoms with Crippen LogP contribution in [0.1, 0.15) is 30.3 Å². The van der Waals surface area contributed by atoms with Gasteiger partial charge in [0.2, 0.25) is 0 Å². The van der Waals surface area contributed by atoms with Crippen molar-refractivity contribution in [1.29, 1.82) is 0 Å². The highest BCUT2D eigenvalue weighted by Gasteiger charge is 2.23. The first kappa shape index (κ1) is 19.6. The maximum absolute atomic E-state index is 13.7. The number of rotatable bonds is 6. The number of aromatic nitrogens is 2. The molecule has 0 N–H and O–H groups in total. The van der Waals surface area contributed by atoms with E-state index in [1.165, 1.54) is 4.68 Å². The van der Waals surface area contributed by atoms with E-state index >= 15 is 0 Å². The van der Waals surface area contributed by atoms with E-state index in [1.807, 2.05) is 66.7 Å². The van der Waals surface area contributed by atoms with Crippen LogP contribution in [0.4, 0.5) is 5.69 Å². The van der Waals surface area contributed by atoms with Gasteiger partial charge in [0.05, 0.1) is 11.1 Å². The fourth-order valence-corrected chi connectivity index (χ4v) is 3.49. The minimum atomic E-state index is -0.242. The van der Waals surface area contributed by atoms with Crippen LogP contribution >= 0.6 is 0 Å². The summed E-state index contributed by atoms with van der Waals surface area (Å²) in [5.41, 5.74) is 1.48. The number of nitrogens with zero attached hydrogens (tertiary/aromatic N) is 3. The molecule has 0 saturated heterocycles. The van der Waals surface area contributed by atoms with E-state index < -0.39 is 0 Å². The summed E-state index contributed by atoms with van der Waals surface area (Å²) < 4.78 is 1.32. The van der Waals surface area contributed by atoms with E-state index in [0.29, 0.717) is 23.0 Å². The summed E-state index contributed by atoms with van der Waals surface area (Å²) in [6.45, 7) is 2.68. The van der Waals surface area contributed by atoms with Gasteiger partial charge >= 0.3 is 0 Å². The van der Waals surface area contributed by atoms with Crippen LogP contribution in [0.2, 0.25) is 0 Å². The second-order valence-electron chi connectivity index (χ2n) is 7.09. The molecule has 0 aliphatic carbocycles. The molecule has 5 nitrogen and oxygen atoms in total. The van der Waals surface area contributed by atoms with Gasteiger partial charge in [0.15, 0.2) is 5.69 Å². The molecule has 0 aliphatic rings. The Morgan fingerprint density at radius 3 is 2.13 bits per heavy atom. The average Bonchev–Trinajstić information content (AvgIpc) is 2.81. The lowest BCUT2D eigenvalue weighted by atomic mass is 10.1. The molecule has 0 spiro atoms. The fraction of sp³-hybridized carbons (Fsp3) is 0.160. The Labute approximate surface area is 175 Å². The molecular formula is C25H23N3O2. The third kappa shape index (κ3) is 3.74. The van der Waals surface area contributed by atoms with Crippen molar-refractivity contribution in [2.24, 2.45) is 0 Å². The molecular weight excluding hydrogens is 374 g/mol. The third-order valence-electron chi connectivity index (χ3n) is 5.06. The second kappa shape index (κ2) is 8.74. The molecule has 5 heteroatoms. The largest absolute Gasteiger partial charge is 0.307 e. The summed E-state index contributed by atoms with van der Waals surface area (Å²) in [4.78, 5) is 28.5. The van der Waals surface area contributed by atoms with Crippen molar-refractivity contribution in [3.8, 4) is 5.69 Å². The summed E-state index contributed by atoms with van der Waals surface area (Å²) in [7, 11) is 0. The van der Waals surface area contributed by atoms with Crippen LogP contribution in [-0.2, 0) is 0 Å². The van der Waals surface area contributed by atoms with Gasteiger partial charge in [0.1, 0.15) is 0 Å². The van der Waals surface area contributed by atoms with E-state index in [-0.39, 0.29) is 17.2 Å². The molecule has 1 amide bonds. The summed E-state index contributed by atoms with van der Waals surface area (Å²) in [6.07, 6.45) is 1.84. The molecule has 0 radical (unpaired) electrons. The van der Waals surface area contributed by atoms with Crippen LogP contribution < -0.4 is 10.5 Å². The topological polar surface area (TPSA) is 55.2 Å². The summed E-state index contributed by atoms with van der Waals surface area (Å²) in [5.74, 6) is -0.212. The average molecular weight is 397 g/mol. The number of unbranched alkanes of at least 4 members (excludes halogenated alkanes) is 1. The first-order valence-corrected chi connectivity index (χ1v) is 10.1. The smallest absolute Gasteiger partial charge is 0.279 e. The number of anilines is 1. The second-order valence-corrected chi connectivity index (χ2v) is 7.09. The zero-order valence-electron chi connectivity index (χ0n) is 16.9. The third-order valence-corrected chi connectivity index (χ3v) is 5.06. The standard InChI is InChI=1S/C25H23N3O2/c1-2-3-18-27(19-12-6-4-7-13-19)25(30)23-21-16-10-11-17-22(21)24(29)28(26-23)20-14-8-5-9-15-20/h4-17H,2-3,18H2,1H3. The van der Waals surface area contributed by atoms with Crippen molar-refractivity contribution in [2.75, 3.05) is 11.4 Å². The minimum absolute atomic E-state index is 0.212. The Balaban J connectivity index is 1.91. The van der Waals surface area contributed by atoms with Crippen molar-refractivity contribution in [3.05, 3.63) is 101 Å². The van der Waals surface area contributed by atoms with Crippen LogP contribution in [-0.4, -0.2) is 22.2 Å². The summed E-state index contributed by atoms with van der Waals surface area (Å²) in [5, 5.41) is 5.58. The SMILES string of the molecule is CCCCN(C(=O)c1nn(-c2ccccc2)c(=O)c2ccccc12)c1ccccc1. The number of fused-ring (bicyclic) bond motifs is 1. The summed E-state index contributed by atoms with van der Waals surface area (Å²) >= 11 is 0. The number of hydrogen-bond acceptors (Lipinski definition) is 3. The van der Waals surface area contributed by atoms with Crippen LogP contribution in [0.25, 0.3) is 16.5 Å². The maximum Gasteiger partial charge on any atom is 0.279 e. The summed E-state index contributed by atoms with van der Waals surface area (Å²) in [6, 6.07) is 25.9. The molecule has 1 heterocycles. The van der Waals surface area contributed by atoms with Crippen LogP contribution in [0.5, 0.6) is 0 Å². The van der Waals surface area contributed by atoms with Crippen molar-refractivity contribution >= 4 is 22.4 Å². The highest BCUT2D eigenvalue weighted by molar-refractivity contribution is 6.12. The predicted octanol–water partition coefficient (Wildman–Crippen LogP) is 4.83. The highest BCUT2D eigenvalue weighted by Crippen LogP contribution is 2.21. The van der Waals surface area contributed by atoms with Gasteiger partial charge in [-0.2, -0.15) is 9.78 Å². The van der Waals surface area contributed by atoms with Gasteiger partial charge in [-0.25, -0.2) is 0 Å². The molecule has 150 valence electrons. The van der Waals surface area contributed by atoms with Crippen molar-refractivity contribution < 1.29 is 4.79 Å². The van der Waals surface area contributed by atoms with Gasteiger partial charge in [0, 0.05) is 17.6 Å². The van der Waals surface area contributed by atoms with E-state index in [9.17, 15) is 9.59 Å². The number of para-hydroxylation sites is 2. The van der Waals surface area contributed by atoms with Crippen LogP contribution in [0, 0.1) is 0 Å². The van der Waals surface area contributed by atoms with Crippen molar-refractivity contribution in [1.82, 2.24) is 9.78 Å². The van der Waals surface area contributed by atoms with Gasteiger partial charge in [-0.05, 0) is 36.8 Å². The Bertz CT molecular complexity index is 1220. The van der Waals surface area contributed by atoms with E-state index in [1.54, 1.807) is 23.1 Å². The van der Waals surface area contributed by atoms with Gasteiger partial charge in [-0.15, -0.1) is 0 Å². The first-order valence-electron chi connectivity index (χ1n) is 10.1. The number of amides is 1. The predicted molar refractivity (Wildman–Crippen MR) is 120 cm³/mol. The molecule has 1 aromatic heterocycles. The van der Waals surface area contributed by atoms with Crippen LogP contribution in [0.3, 0.4) is 0 Å². The van der Waals surface area contributed by atoms with Gasteiger partial charge in [-0.1, -0.05) is 67.9 Å². The Kier molecular flexibility index (Phi) is 5.70. The molecule has 0 saturated carbocycles. The molecule has 4 rings (SSSR count). The lowest BCUT2D eigenvalue weighted by Crippen LogP contribution is -2.35.